The third-order valence-electron chi connectivity index (χ3n) is 5.86. The Morgan fingerprint density at radius 2 is 1.41 bits per heavy atom. The first-order chi connectivity index (χ1) is 13.0. The van der Waals surface area contributed by atoms with E-state index in [1.165, 1.54) is 18.5 Å². The van der Waals surface area contributed by atoms with Crippen molar-refractivity contribution in [1.29, 1.82) is 0 Å². The molecule has 4 rings (SSSR count). The van der Waals surface area contributed by atoms with Gasteiger partial charge in [-0.25, -0.2) is 0 Å². The number of aryl methyl sites for hydroxylation is 2. The van der Waals surface area contributed by atoms with E-state index >= 15 is 0 Å². The van der Waals surface area contributed by atoms with Gasteiger partial charge in [0.05, 0.1) is 5.56 Å². The van der Waals surface area contributed by atoms with E-state index < -0.39 is 0 Å². The minimum atomic E-state index is 0.0621. The van der Waals surface area contributed by atoms with Gasteiger partial charge in [0.1, 0.15) is 0 Å². The number of hydrogen-bond donors (Lipinski definition) is 0. The highest BCUT2D eigenvalue weighted by Crippen LogP contribution is 2.38. The molecule has 1 saturated carbocycles. The van der Waals surface area contributed by atoms with Gasteiger partial charge < -0.3 is 14.4 Å². The summed E-state index contributed by atoms with van der Waals surface area (Å²) in [6.45, 7) is 8.44. The van der Waals surface area contributed by atoms with Gasteiger partial charge in [0, 0.05) is 49.2 Å². The molecule has 142 valence electrons. The Labute approximate surface area is 160 Å². The lowest BCUT2D eigenvalue weighted by molar-refractivity contribution is 0.0534. The van der Waals surface area contributed by atoms with Crippen molar-refractivity contribution in [2.45, 2.75) is 39.7 Å². The standard InChI is InChI=1S/C22H27N3O2/c1-15-6-4-5-7-19(15)21(26)23-10-12-24(13-11-23)22(27)20-14-16(2)25(17(20)3)18-8-9-18/h4-7,14,18H,8-13H2,1-3H3. The number of rotatable bonds is 3. The molecule has 2 heterocycles. The summed E-state index contributed by atoms with van der Waals surface area (Å²) < 4.78 is 2.31. The first-order valence-electron chi connectivity index (χ1n) is 9.80. The van der Waals surface area contributed by atoms with E-state index in [1.807, 2.05) is 47.1 Å². The maximum atomic E-state index is 13.0. The molecule has 5 heteroatoms. The fourth-order valence-corrected chi connectivity index (χ4v) is 4.15. The van der Waals surface area contributed by atoms with Crippen LogP contribution in [-0.2, 0) is 0 Å². The van der Waals surface area contributed by atoms with Crippen LogP contribution < -0.4 is 0 Å². The Bertz CT molecular complexity index is 887. The van der Waals surface area contributed by atoms with E-state index in [4.69, 9.17) is 0 Å². The second-order valence-electron chi connectivity index (χ2n) is 7.79. The molecule has 5 nitrogen and oxygen atoms in total. The second kappa shape index (κ2) is 6.87. The molecule has 2 amide bonds. The topological polar surface area (TPSA) is 45.6 Å². The second-order valence-corrected chi connectivity index (χ2v) is 7.79. The number of aromatic nitrogens is 1. The highest BCUT2D eigenvalue weighted by molar-refractivity contribution is 5.97. The fourth-order valence-electron chi connectivity index (χ4n) is 4.15. The van der Waals surface area contributed by atoms with Gasteiger partial charge in [0.15, 0.2) is 0 Å². The van der Waals surface area contributed by atoms with Crippen LogP contribution in [0.25, 0.3) is 0 Å². The van der Waals surface area contributed by atoms with Crippen LogP contribution in [0, 0.1) is 20.8 Å². The molecule has 0 bridgehead atoms. The van der Waals surface area contributed by atoms with Crippen molar-refractivity contribution >= 4 is 11.8 Å². The molecule has 2 fully saturated rings. The van der Waals surface area contributed by atoms with Crippen LogP contribution in [0.5, 0.6) is 0 Å². The third kappa shape index (κ3) is 3.27. The van der Waals surface area contributed by atoms with Crippen LogP contribution >= 0.6 is 0 Å². The van der Waals surface area contributed by atoms with Crippen LogP contribution in [0.3, 0.4) is 0 Å². The summed E-state index contributed by atoms with van der Waals surface area (Å²) in [7, 11) is 0. The van der Waals surface area contributed by atoms with Crippen LogP contribution in [0.15, 0.2) is 30.3 Å². The molecule has 2 aliphatic rings. The predicted octanol–water partition coefficient (Wildman–Crippen LogP) is 3.35. The number of carbonyl (C=O) groups excluding carboxylic acids is 2. The number of benzene rings is 1. The minimum absolute atomic E-state index is 0.0621. The molecule has 1 aliphatic carbocycles. The van der Waals surface area contributed by atoms with Crippen molar-refractivity contribution < 1.29 is 9.59 Å². The third-order valence-corrected chi connectivity index (χ3v) is 5.86. The number of carbonyl (C=O) groups is 2. The molecule has 1 saturated heterocycles. The highest BCUT2D eigenvalue weighted by Gasteiger charge is 2.31. The van der Waals surface area contributed by atoms with E-state index in [0.29, 0.717) is 32.2 Å². The zero-order valence-corrected chi connectivity index (χ0v) is 16.4. The van der Waals surface area contributed by atoms with Crippen LogP contribution in [0.4, 0.5) is 0 Å². The smallest absolute Gasteiger partial charge is 0.255 e. The van der Waals surface area contributed by atoms with Gasteiger partial charge in [0.2, 0.25) is 0 Å². The van der Waals surface area contributed by atoms with Crippen molar-refractivity contribution in [3.05, 3.63) is 58.4 Å². The van der Waals surface area contributed by atoms with Gasteiger partial charge in [-0.3, -0.25) is 9.59 Å². The average molecular weight is 365 g/mol. The summed E-state index contributed by atoms with van der Waals surface area (Å²) in [5.74, 6) is 0.158. The molecule has 0 atom stereocenters. The molecule has 0 radical (unpaired) electrons. The maximum Gasteiger partial charge on any atom is 0.255 e. The average Bonchev–Trinajstić information content (AvgIpc) is 3.46. The molecule has 0 N–H and O–H groups in total. The first kappa shape index (κ1) is 17.8. The first-order valence-corrected chi connectivity index (χ1v) is 9.80. The number of nitrogens with zero attached hydrogens (tertiary/aromatic N) is 3. The van der Waals surface area contributed by atoms with E-state index in [0.717, 1.165) is 22.4 Å². The molecular formula is C22H27N3O2. The Morgan fingerprint density at radius 3 is 1.96 bits per heavy atom. The van der Waals surface area contributed by atoms with E-state index in [9.17, 15) is 9.59 Å². The van der Waals surface area contributed by atoms with Crippen LogP contribution in [0.2, 0.25) is 0 Å². The summed E-state index contributed by atoms with van der Waals surface area (Å²) in [5, 5.41) is 0. The number of amides is 2. The van der Waals surface area contributed by atoms with Gasteiger partial charge in [-0.05, 0) is 51.3 Å². The van der Waals surface area contributed by atoms with Gasteiger partial charge in [0.25, 0.3) is 11.8 Å². The summed E-state index contributed by atoms with van der Waals surface area (Å²) in [5.41, 5.74) is 4.82. The Balaban J connectivity index is 1.44. The van der Waals surface area contributed by atoms with Gasteiger partial charge in [-0.2, -0.15) is 0 Å². The predicted molar refractivity (Wildman–Crippen MR) is 105 cm³/mol. The Morgan fingerprint density at radius 1 is 0.852 bits per heavy atom. The van der Waals surface area contributed by atoms with Crippen molar-refractivity contribution in [3.8, 4) is 0 Å². The molecule has 0 spiro atoms. The summed E-state index contributed by atoms with van der Waals surface area (Å²) in [6, 6.07) is 10.3. The van der Waals surface area contributed by atoms with Gasteiger partial charge >= 0.3 is 0 Å². The monoisotopic (exact) mass is 365 g/mol. The van der Waals surface area contributed by atoms with E-state index in [1.54, 1.807) is 0 Å². The molecule has 1 aromatic carbocycles. The zero-order valence-electron chi connectivity index (χ0n) is 16.4. The lowest BCUT2D eigenvalue weighted by Crippen LogP contribution is -2.50. The number of piperazine rings is 1. The molecular weight excluding hydrogens is 338 g/mol. The summed E-state index contributed by atoms with van der Waals surface area (Å²) in [4.78, 5) is 29.6. The van der Waals surface area contributed by atoms with Gasteiger partial charge in [-0.1, -0.05) is 18.2 Å². The molecule has 1 aromatic heterocycles. The van der Waals surface area contributed by atoms with Crippen molar-refractivity contribution in [2.24, 2.45) is 0 Å². The van der Waals surface area contributed by atoms with E-state index in [-0.39, 0.29) is 11.8 Å². The lowest BCUT2D eigenvalue weighted by Gasteiger charge is -2.35. The van der Waals surface area contributed by atoms with Gasteiger partial charge in [-0.15, -0.1) is 0 Å². The largest absolute Gasteiger partial charge is 0.345 e. The van der Waals surface area contributed by atoms with Crippen molar-refractivity contribution in [3.63, 3.8) is 0 Å². The van der Waals surface area contributed by atoms with Crippen molar-refractivity contribution in [2.75, 3.05) is 26.2 Å². The molecule has 1 aliphatic heterocycles. The van der Waals surface area contributed by atoms with Crippen LogP contribution in [0.1, 0.15) is 56.6 Å². The SMILES string of the molecule is Cc1ccccc1C(=O)N1CCN(C(=O)c2cc(C)n(C3CC3)c2C)CC1. The molecule has 27 heavy (non-hydrogen) atoms. The maximum absolute atomic E-state index is 13.0. The Hall–Kier alpha value is -2.56. The normalized spacial score (nSPS) is 17.3. The lowest BCUT2D eigenvalue weighted by atomic mass is 10.1. The Kier molecular flexibility index (Phi) is 4.54. The van der Waals surface area contributed by atoms with Crippen LogP contribution in [-0.4, -0.2) is 52.4 Å². The molecule has 0 unspecified atom stereocenters. The summed E-state index contributed by atoms with van der Waals surface area (Å²) >= 11 is 0. The van der Waals surface area contributed by atoms with Crippen molar-refractivity contribution in [1.82, 2.24) is 14.4 Å². The highest BCUT2D eigenvalue weighted by atomic mass is 16.2. The fraction of sp³-hybridized carbons (Fsp3) is 0.455. The molecule has 2 aromatic rings. The van der Waals surface area contributed by atoms with E-state index in [2.05, 4.69) is 18.4 Å². The quantitative estimate of drug-likeness (QED) is 0.837. The minimum Gasteiger partial charge on any atom is -0.345 e. The zero-order chi connectivity index (χ0) is 19.1. The number of hydrogen-bond acceptors (Lipinski definition) is 2. The summed E-state index contributed by atoms with van der Waals surface area (Å²) in [6.07, 6.45) is 2.42.